The normalized spacial score (nSPS) is 10.5. The van der Waals surface area contributed by atoms with Crippen LogP contribution in [-0.4, -0.2) is 15.8 Å². The molecule has 0 aliphatic carbocycles. The van der Waals surface area contributed by atoms with Gasteiger partial charge >= 0.3 is 5.69 Å². The summed E-state index contributed by atoms with van der Waals surface area (Å²) in [5.74, 6) is -1.13. The van der Waals surface area contributed by atoms with Crippen LogP contribution >= 0.6 is 0 Å². The topological polar surface area (TPSA) is 99.1 Å². The zero-order valence-electron chi connectivity index (χ0n) is 8.11. The highest BCUT2D eigenvalue weighted by molar-refractivity contribution is 5.95. The Kier molecular flexibility index (Phi) is 3.11. The molecular formula is C8H7F2N3O3. The van der Waals surface area contributed by atoms with Crippen molar-refractivity contribution in [3.8, 4) is 0 Å². The fourth-order valence-electron chi connectivity index (χ4n) is 1.23. The average Bonchev–Trinajstić information content (AvgIpc) is 2.15. The molecule has 0 saturated carbocycles. The van der Waals surface area contributed by atoms with Gasteiger partial charge in [-0.2, -0.15) is 0 Å². The number of nitrogens with zero attached hydrogens (tertiary/aromatic N) is 2. The average molecular weight is 231 g/mol. The molecule has 1 aromatic heterocycles. The fourth-order valence-corrected chi connectivity index (χ4v) is 1.23. The van der Waals surface area contributed by atoms with Crippen molar-refractivity contribution in [1.29, 1.82) is 0 Å². The molecule has 0 aliphatic heterocycles. The van der Waals surface area contributed by atoms with E-state index in [9.17, 15) is 23.7 Å². The van der Waals surface area contributed by atoms with Crippen LogP contribution in [0.3, 0.4) is 0 Å². The van der Waals surface area contributed by atoms with E-state index in [1.165, 1.54) is 0 Å². The highest BCUT2D eigenvalue weighted by Gasteiger charge is 2.27. The summed E-state index contributed by atoms with van der Waals surface area (Å²) in [7, 11) is 0. The number of primary amides is 1. The zero-order chi connectivity index (χ0) is 12.5. The largest absolute Gasteiger partial charge is 0.364 e. The van der Waals surface area contributed by atoms with Gasteiger partial charge in [0.25, 0.3) is 12.3 Å². The number of aromatic nitrogens is 1. The smallest absolute Gasteiger partial charge is 0.303 e. The molecule has 1 amide bonds. The third-order valence-electron chi connectivity index (χ3n) is 2.00. The van der Waals surface area contributed by atoms with Crippen LogP contribution in [-0.2, 0) is 0 Å². The Morgan fingerprint density at radius 1 is 1.62 bits per heavy atom. The van der Waals surface area contributed by atoms with Crippen molar-refractivity contribution in [2.45, 2.75) is 13.3 Å². The van der Waals surface area contributed by atoms with Crippen LogP contribution < -0.4 is 5.73 Å². The number of nitro groups is 1. The summed E-state index contributed by atoms with van der Waals surface area (Å²) in [4.78, 5) is 23.8. The molecule has 16 heavy (non-hydrogen) atoms. The molecule has 8 heteroatoms. The van der Waals surface area contributed by atoms with Crippen molar-refractivity contribution in [2.24, 2.45) is 5.73 Å². The quantitative estimate of drug-likeness (QED) is 0.626. The van der Waals surface area contributed by atoms with Crippen molar-refractivity contribution in [1.82, 2.24) is 4.98 Å². The van der Waals surface area contributed by atoms with Crippen LogP contribution in [0.25, 0.3) is 0 Å². The number of nitrogens with two attached hydrogens (primary N) is 1. The van der Waals surface area contributed by atoms with E-state index >= 15 is 0 Å². The maximum absolute atomic E-state index is 12.4. The number of carbonyl (C=O) groups excluding carboxylic acids is 1. The van der Waals surface area contributed by atoms with Crippen molar-refractivity contribution in [2.75, 3.05) is 0 Å². The van der Waals surface area contributed by atoms with E-state index in [0.29, 0.717) is 6.20 Å². The molecule has 0 unspecified atom stereocenters. The van der Waals surface area contributed by atoms with Gasteiger partial charge in [0.15, 0.2) is 0 Å². The van der Waals surface area contributed by atoms with Crippen LogP contribution in [0.1, 0.15) is 28.0 Å². The second-order valence-electron chi connectivity index (χ2n) is 2.96. The fraction of sp³-hybridized carbons (Fsp3) is 0.250. The van der Waals surface area contributed by atoms with Crippen LogP contribution in [0.5, 0.6) is 0 Å². The standard InChI is InChI=1S/C8H7F2N3O3/c1-3-4(7(9)10)2-12-5(8(11)14)6(3)13(15)16/h2,7H,1H3,(H2,11,14). The lowest BCUT2D eigenvalue weighted by Gasteiger charge is -2.06. The summed E-state index contributed by atoms with van der Waals surface area (Å²) in [6.07, 6.45) is -2.18. The first-order valence-corrected chi connectivity index (χ1v) is 4.08. The van der Waals surface area contributed by atoms with Gasteiger partial charge in [0.2, 0.25) is 5.69 Å². The molecule has 2 N–H and O–H groups in total. The molecule has 1 heterocycles. The minimum absolute atomic E-state index is 0.302. The number of rotatable bonds is 3. The number of alkyl halides is 2. The number of halogens is 2. The summed E-state index contributed by atoms with van der Waals surface area (Å²) in [6.45, 7) is 1.12. The maximum Gasteiger partial charge on any atom is 0.303 e. The monoisotopic (exact) mass is 231 g/mol. The van der Waals surface area contributed by atoms with Crippen LogP contribution in [0.4, 0.5) is 14.5 Å². The first kappa shape index (κ1) is 12.0. The Bertz CT molecular complexity index is 462. The molecule has 0 saturated heterocycles. The Morgan fingerprint density at radius 2 is 2.19 bits per heavy atom. The SMILES string of the molecule is Cc1c(C(F)F)cnc(C(N)=O)c1[N+](=O)[O-]. The van der Waals surface area contributed by atoms with E-state index in [4.69, 9.17) is 5.73 Å². The molecular weight excluding hydrogens is 224 g/mol. The summed E-state index contributed by atoms with van der Waals surface area (Å²) < 4.78 is 24.9. The summed E-state index contributed by atoms with van der Waals surface area (Å²) in [5, 5.41) is 10.6. The van der Waals surface area contributed by atoms with Gasteiger partial charge in [-0.25, -0.2) is 13.8 Å². The van der Waals surface area contributed by atoms with Crippen molar-refractivity contribution < 1.29 is 18.5 Å². The number of amides is 1. The molecule has 1 rings (SSSR count). The third kappa shape index (κ3) is 1.95. The van der Waals surface area contributed by atoms with E-state index in [1.807, 2.05) is 0 Å². The predicted octanol–water partition coefficient (Wildman–Crippen LogP) is 1.33. The molecule has 0 atom stereocenters. The van der Waals surface area contributed by atoms with Crippen molar-refractivity contribution in [3.05, 3.63) is 33.1 Å². The second kappa shape index (κ2) is 4.17. The molecule has 0 aromatic carbocycles. The molecule has 86 valence electrons. The number of pyridine rings is 1. The minimum Gasteiger partial charge on any atom is -0.364 e. The lowest BCUT2D eigenvalue weighted by atomic mass is 10.1. The Balaban J connectivity index is 3.54. The minimum atomic E-state index is -2.90. The summed E-state index contributed by atoms with van der Waals surface area (Å²) in [6, 6.07) is 0. The molecule has 0 aliphatic rings. The predicted molar refractivity (Wildman–Crippen MR) is 49.1 cm³/mol. The third-order valence-corrected chi connectivity index (χ3v) is 2.00. The molecule has 0 radical (unpaired) electrons. The molecule has 0 bridgehead atoms. The zero-order valence-corrected chi connectivity index (χ0v) is 8.11. The number of hydrogen-bond donors (Lipinski definition) is 1. The molecule has 6 nitrogen and oxygen atoms in total. The van der Waals surface area contributed by atoms with Crippen LogP contribution in [0.2, 0.25) is 0 Å². The lowest BCUT2D eigenvalue weighted by molar-refractivity contribution is -0.386. The van der Waals surface area contributed by atoms with Crippen LogP contribution in [0, 0.1) is 17.0 Å². The summed E-state index contributed by atoms with van der Waals surface area (Å²) >= 11 is 0. The number of hydrogen-bond acceptors (Lipinski definition) is 4. The highest BCUT2D eigenvalue weighted by atomic mass is 19.3. The van der Waals surface area contributed by atoms with E-state index < -0.39 is 34.2 Å². The maximum atomic E-state index is 12.4. The van der Waals surface area contributed by atoms with Gasteiger partial charge in [-0.15, -0.1) is 0 Å². The Labute approximate surface area is 88.2 Å². The van der Waals surface area contributed by atoms with Gasteiger partial charge in [-0.3, -0.25) is 14.9 Å². The second-order valence-corrected chi connectivity index (χ2v) is 2.96. The molecule has 1 aromatic rings. The van der Waals surface area contributed by atoms with E-state index in [0.717, 1.165) is 6.92 Å². The van der Waals surface area contributed by atoms with E-state index in [2.05, 4.69) is 4.98 Å². The number of carbonyl (C=O) groups is 1. The van der Waals surface area contributed by atoms with E-state index in [-0.39, 0.29) is 5.56 Å². The Hall–Kier alpha value is -2.12. The van der Waals surface area contributed by atoms with Gasteiger partial charge in [-0.1, -0.05) is 0 Å². The van der Waals surface area contributed by atoms with Gasteiger partial charge in [0.1, 0.15) is 0 Å². The first-order valence-electron chi connectivity index (χ1n) is 4.08. The van der Waals surface area contributed by atoms with Crippen molar-refractivity contribution >= 4 is 11.6 Å². The van der Waals surface area contributed by atoms with Crippen LogP contribution in [0.15, 0.2) is 6.20 Å². The van der Waals surface area contributed by atoms with Crippen molar-refractivity contribution in [3.63, 3.8) is 0 Å². The van der Waals surface area contributed by atoms with Gasteiger partial charge in [0.05, 0.1) is 4.92 Å². The van der Waals surface area contributed by atoms with Gasteiger partial charge < -0.3 is 5.73 Å². The Morgan fingerprint density at radius 3 is 2.56 bits per heavy atom. The highest BCUT2D eigenvalue weighted by Crippen LogP contribution is 2.30. The first-order chi connectivity index (χ1) is 7.36. The summed E-state index contributed by atoms with van der Waals surface area (Å²) in [5.41, 5.74) is 2.57. The van der Waals surface area contributed by atoms with Gasteiger partial charge in [0, 0.05) is 17.3 Å². The molecule has 0 fully saturated rings. The van der Waals surface area contributed by atoms with E-state index in [1.54, 1.807) is 0 Å². The van der Waals surface area contributed by atoms with Gasteiger partial charge in [-0.05, 0) is 6.92 Å². The molecule has 0 spiro atoms. The lowest BCUT2D eigenvalue weighted by Crippen LogP contribution is -2.17.